The molecular weight excluding hydrogens is 346 g/mol. The molecule has 3 N–H and O–H groups in total. The molecule has 1 aromatic heterocycles. The van der Waals surface area contributed by atoms with E-state index in [-0.39, 0.29) is 23.8 Å². The zero-order valence-corrected chi connectivity index (χ0v) is 14.7. The zero-order valence-electron chi connectivity index (χ0n) is 14.7. The molecule has 0 aliphatic carbocycles. The van der Waals surface area contributed by atoms with Gasteiger partial charge in [0.1, 0.15) is 18.1 Å². The van der Waals surface area contributed by atoms with Gasteiger partial charge in [-0.1, -0.05) is 11.8 Å². The number of amidine groups is 1. The van der Waals surface area contributed by atoms with Crippen molar-refractivity contribution in [3.8, 4) is 29.2 Å². The molecule has 0 amide bonds. The maximum absolute atomic E-state index is 9.98. The molecule has 4 heterocycles. The smallest absolute Gasteiger partial charge is 0.283 e. The van der Waals surface area contributed by atoms with E-state index in [0.717, 1.165) is 5.56 Å². The van der Waals surface area contributed by atoms with Crippen molar-refractivity contribution in [1.82, 2.24) is 4.98 Å². The van der Waals surface area contributed by atoms with Gasteiger partial charge in [0.2, 0.25) is 5.88 Å². The number of nitrogens with two attached hydrogens (primary N) is 1. The van der Waals surface area contributed by atoms with E-state index in [9.17, 15) is 5.11 Å². The summed E-state index contributed by atoms with van der Waals surface area (Å²) in [6, 6.07) is 6.85. The summed E-state index contributed by atoms with van der Waals surface area (Å²) >= 11 is 0. The number of nitrogens with zero attached hydrogens (tertiary/aromatic N) is 2. The molecule has 7 heteroatoms. The average molecular weight is 363 g/mol. The molecule has 5 rings (SSSR count). The zero-order chi connectivity index (χ0) is 18.6. The number of aromatic nitrogens is 1. The number of phenolic OH excluding ortho intramolecular Hbond substituents is 1. The van der Waals surface area contributed by atoms with E-state index < -0.39 is 5.54 Å². The molecule has 27 heavy (non-hydrogen) atoms. The number of rotatable bonds is 0. The van der Waals surface area contributed by atoms with Crippen LogP contribution in [0.3, 0.4) is 0 Å². The van der Waals surface area contributed by atoms with Crippen LogP contribution in [0.1, 0.15) is 23.6 Å². The van der Waals surface area contributed by atoms with E-state index in [1.54, 1.807) is 24.4 Å². The van der Waals surface area contributed by atoms with Crippen LogP contribution in [-0.4, -0.2) is 35.9 Å². The molecule has 1 fully saturated rings. The lowest BCUT2D eigenvalue weighted by Gasteiger charge is -2.33. The topological polar surface area (TPSA) is 99.2 Å². The molecule has 136 valence electrons. The van der Waals surface area contributed by atoms with Gasteiger partial charge in [-0.15, -0.1) is 0 Å². The lowest BCUT2D eigenvalue weighted by molar-refractivity contribution is -0.0648. The number of benzene rings is 1. The van der Waals surface area contributed by atoms with Gasteiger partial charge >= 0.3 is 0 Å². The van der Waals surface area contributed by atoms with E-state index in [1.807, 2.05) is 6.07 Å². The highest BCUT2D eigenvalue weighted by atomic mass is 16.5. The molecule has 1 spiro atoms. The van der Waals surface area contributed by atoms with Crippen LogP contribution in [0.25, 0.3) is 0 Å². The number of aliphatic imine (C=N–C) groups is 1. The largest absolute Gasteiger partial charge is 0.508 e. The molecule has 3 aliphatic heterocycles. The molecule has 0 bridgehead atoms. The van der Waals surface area contributed by atoms with Gasteiger partial charge in [0.15, 0.2) is 5.54 Å². The van der Waals surface area contributed by atoms with Crippen LogP contribution in [0, 0.1) is 17.3 Å². The van der Waals surface area contributed by atoms with Gasteiger partial charge in [0, 0.05) is 17.3 Å². The number of fused-ring (bicyclic) bond motifs is 4. The molecule has 3 aliphatic rings. The van der Waals surface area contributed by atoms with Gasteiger partial charge in [0.25, 0.3) is 6.02 Å². The van der Waals surface area contributed by atoms with Gasteiger partial charge in [0.05, 0.1) is 24.2 Å². The summed E-state index contributed by atoms with van der Waals surface area (Å²) in [6.45, 7) is 3.53. The third-order valence-corrected chi connectivity index (χ3v) is 4.99. The number of ether oxygens (including phenoxy) is 3. The van der Waals surface area contributed by atoms with E-state index in [2.05, 4.69) is 28.7 Å². The van der Waals surface area contributed by atoms with E-state index in [1.165, 1.54) is 0 Å². The SMILES string of the molecule is CC1(C#Cc2cnc3c(c2)[C@]2(COC(N)=N2)c2cc(O)ccc2O3)COC1. The maximum atomic E-state index is 9.98. The first-order valence-electron chi connectivity index (χ1n) is 8.58. The molecule has 0 unspecified atom stereocenters. The highest BCUT2D eigenvalue weighted by Gasteiger charge is 2.47. The summed E-state index contributed by atoms with van der Waals surface area (Å²) in [5, 5.41) is 9.98. The van der Waals surface area contributed by atoms with Crippen LogP contribution in [0.4, 0.5) is 0 Å². The molecule has 7 nitrogen and oxygen atoms in total. The second-order valence-corrected chi connectivity index (χ2v) is 7.26. The Bertz CT molecular complexity index is 1050. The predicted octanol–water partition coefficient (Wildman–Crippen LogP) is 1.87. The van der Waals surface area contributed by atoms with Crippen LogP contribution in [-0.2, 0) is 15.0 Å². The predicted molar refractivity (Wildman–Crippen MR) is 96.6 cm³/mol. The molecule has 0 radical (unpaired) electrons. The van der Waals surface area contributed by atoms with Crippen LogP contribution in [0.2, 0.25) is 0 Å². The molecule has 1 atom stereocenters. The van der Waals surface area contributed by atoms with Crippen molar-refractivity contribution >= 4 is 6.02 Å². The maximum Gasteiger partial charge on any atom is 0.283 e. The third-order valence-electron chi connectivity index (χ3n) is 4.99. The first kappa shape index (κ1) is 16.0. The van der Waals surface area contributed by atoms with Crippen molar-refractivity contribution in [3.63, 3.8) is 0 Å². The van der Waals surface area contributed by atoms with Gasteiger partial charge in [-0.05, 0) is 31.2 Å². The quantitative estimate of drug-likeness (QED) is 0.693. The average Bonchev–Trinajstić information content (AvgIpc) is 3.02. The Morgan fingerprint density at radius 2 is 2.04 bits per heavy atom. The van der Waals surface area contributed by atoms with Crippen LogP contribution in [0.15, 0.2) is 35.5 Å². The number of aromatic hydroxyl groups is 1. The standard InChI is InChI=1S/C20H17N3O4/c1-19(9-25-10-19)5-4-12-6-15-17(22-8-12)27-16-3-2-13(24)7-14(16)20(15)11-26-18(21)23-20/h2-3,6-8,24H,9-11H2,1H3,(H2,21,23)/t20-/m0/s1. The highest BCUT2D eigenvalue weighted by Crippen LogP contribution is 2.50. The van der Waals surface area contributed by atoms with Crippen LogP contribution in [0.5, 0.6) is 17.4 Å². The fourth-order valence-corrected chi connectivity index (χ4v) is 3.49. The minimum absolute atomic E-state index is 0.0905. The Balaban J connectivity index is 1.66. The third kappa shape index (κ3) is 2.41. The first-order valence-corrected chi connectivity index (χ1v) is 8.58. The van der Waals surface area contributed by atoms with Gasteiger partial charge in [-0.3, -0.25) is 0 Å². The van der Waals surface area contributed by atoms with Crippen LogP contribution >= 0.6 is 0 Å². The number of hydrogen-bond acceptors (Lipinski definition) is 7. The van der Waals surface area contributed by atoms with Gasteiger partial charge in [-0.2, -0.15) is 0 Å². The Morgan fingerprint density at radius 3 is 2.74 bits per heavy atom. The normalized spacial score (nSPS) is 23.7. The minimum atomic E-state index is -0.917. The minimum Gasteiger partial charge on any atom is -0.508 e. The summed E-state index contributed by atoms with van der Waals surface area (Å²) in [5.74, 6) is 7.53. The Hall–Kier alpha value is -3.24. The van der Waals surface area contributed by atoms with E-state index >= 15 is 0 Å². The van der Waals surface area contributed by atoms with Crippen molar-refractivity contribution in [2.75, 3.05) is 19.8 Å². The Morgan fingerprint density at radius 1 is 1.19 bits per heavy atom. The van der Waals surface area contributed by atoms with E-state index in [4.69, 9.17) is 19.9 Å². The molecular formula is C20H17N3O4. The highest BCUT2D eigenvalue weighted by molar-refractivity contribution is 5.76. The second-order valence-electron chi connectivity index (χ2n) is 7.26. The van der Waals surface area contributed by atoms with Crippen molar-refractivity contribution in [2.24, 2.45) is 16.1 Å². The van der Waals surface area contributed by atoms with E-state index in [0.29, 0.717) is 36.0 Å². The fraction of sp³-hybridized carbons (Fsp3) is 0.300. The summed E-state index contributed by atoms with van der Waals surface area (Å²) in [6.07, 6.45) is 1.68. The summed E-state index contributed by atoms with van der Waals surface area (Å²) in [7, 11) is 0. The molecule has 2 aromatic rings. The molecule has 0 saturated carbocycles. The number of phenols is 1. The molecule has 1 aromatic carbocycles. The number of pyridine rings is 1. The Kier molecular flexibility index (Phi) is 3.18. The summed E-state index contributed by atoms with van der Waals surface area (Å²) < 4.78 is 16.7. The van der Waals surface area contributed by atoms with Crippen LogP contribution < -0.4 is 10.5 Å². The lowest BCUT2D eigenvalue weighted by atomic mass is 9.82. The fourth-order valence-electron chi connectivity index (χ4n) is 3.49. The van der Waals surface area contributed by atoms with Crippen molar-refractivity contribution in [2.45, 2.75) is 12.5 Å². The molecule has 1 saturated heterocycles. The first-order chi connectivity index (χ1) is 13.0. The second kappa shape index (κ2) is 5.38. The van der Waals surface area contributed by atoms with Gasteiger partial charge in [-0.25, -0.2) is 9.98 Å². The Labute approximate surface area is 155 Å². The number of hydrogen-bond donors (Lipinski definition) is 2. The van der Waals surface area contributed by atoms with Gasteiger partial charge < -0.3 is 25.1 Å². The lowest BCUT2D eigenvalue weighted by Crippen LogP contribution is -2.38. The van der Waals surface area contributed by atoms with Crippen molar-refractivity contribution in [3.05, 3.63) is 47.2 Å². The van der Waals surface area contributed by atoms with Crippen molar-refractivity contribution in [1.29, 1.82) is 0 Å². The summed E-state index contributed by atoms with van der Waals surface area (Å²) in [4.78, 5) is 9.00. The van der Waals surface area contributed by atoms with Crippen molar-refractivity contribution < 1.29 is 19.3 Å². The monoisotopic (exact) mass is 363 g/mol. The summed E-state index contributed by atoms with van der Waals surface area (Å²) in [5.41, 5.74) is 6.93.